The highest BCUT2D eigenvalue weighted by Gasteiger charge is 2.16. The molecule has 0 aliphatic rings. The second-order valence-electron chi connectivity index (χ2n) is 2.97. The zero-order valence-corrected chi connectivity index (χ0v) is 7.24. The predicted octanol–water partition coefficient (Wildman–Crippen LogP) is 0.912. The maximum atomic E-state index is 13.1. The van der Waals surface area contributed by atoms with E-state index < -0.39 is 18.0 Å². The predicted molar refractivity (Wildman–Crippen MR) is 46.7 cm³/mol. The van der Waals surface area contributed by atoms with Gasteiger partial charge < -0.3 is 15.9 Å². The molecule has 0 radical (unpaired) electrons. The van der Waals surface area contributed by atoms with Gasteiger partial charge in [-0.2, -0.15) is 0 Å². The minimum atomic E-state index is -0.820. The highest BCUT2D eigenvalue weighted by Crippen LogP contribution is 2.21. The molecule has 72 valence electrons. The lowest BCUT2D eigenvalue weighted by molar-refractivity contribution is 0.162. The second-order valence-corrected chi connectivity index (χ2v) is 2.97. The van der Waals surface area contributed by atoms with E-state index in [0.717, 1.165) is 6.07 Å². The Morgan fingerprint density at radius 1 is 1.46 bits per heavy atom. The van der Waals surface area contributed by atoms with Gasteiger partial charge in [-0.15, -0.1) is 0 Å². The number of aliphatic hydroxyl groups is 1. The summed E-state index contributed by atoms with van der Waals surface area (Å²) >= 11 is 0. The number of aromatic hydroxyl groups is 1. The van der Waals surface area contributed by atoms with E-state index in [1.165, 1.54) is 19.1 Å². The Kier molecular flexibility index (Phi) is 2.85. The standard InChI is InChI=1S/C9H12FNO2/c1-5(12)9(11)7-3-2-6(13)4-8(7)10/h2-5,9,12-13H,11H2,1H3/t5-,9-/m1/s1. The largest absolute Gasteiger partial charge is 0.508 e. The van der Waals surface area contributed by atoms with E-state index >= 15 is 0 Å². The fourth-order valence-electron chi connectivity index (χ4n) is 1.05. The van der Waals surface area contributed by atoms with Crippen LogP contribution in [-0.4, -0.2) is 16.3 Å². The Labute approximate surface area is 75.6 Å². The molecule has 4 heteroatoms. The van der Waals surface area contributed by atoms with Crippen LogP contribution < -0.4 is 5.73 Å². The smallest absolute Gasteiger partial charge is 0.131 e. The monoisotopic (exact) mass is 185 g/mol. The Bertz CT molecular complexity index is 302. The van der Waals surface area contributed by atoms with Gasteiger partial charge in [0.2, 0.25) is 0 Å². The number of aliphatic hydroxyl groups excluding tert-OH is 1. The number of halogens is 1. The van der Waals surface area contributed by atoms with Gasteiger partial charge in [-0.05, 0) is 13.0 Å². The molecule has 0 fully saturated rings. The Morgan fingerprint density at radius 3 is 2.54 bits per heavy atom. The molecular formula is C9H12FNO2. The molecule has 0 saturated carbocycles. The van der Waals surface area contributed by atoms with Gasteiger partial charge in [0.05, 0.1) is 12.1 Å². The van der Waals surface area contributed by atoms with Crippen LogP contribution in [0.2, 0.25) is 0 Å². The first kappa shape index (κ1) is 9.95. The van der Waals surface area contributed by atoms with Crippen LogP contribution >= 0.6 is 0 Å². The summed E-state index contributed by atoms with van der Waals surface area (Å²) in [5.74, 6) is -0.757. The maximum Gasteiger partial charge on any atom is 0.131 e. The van der Waals surface area contributed by atoms with Crippen LogP contribution in [-0.2, 0) is 0 Å². The molecule has 3 nitrogen and oxygen atoms in total. The van der Waals surface area contributed by atoms with E-state index in [0.29, 0.717) is 0 Å². The van der Waals surface area contributed by atoms with Crippen molar-refractivity contribution in [3.63, 3.8) is 0 Å². The second kappa shape index (κ2) is 3.72. The molecule has 0 amide bonds. The van der Waals surface area contributed by atoms with E-state index in [1.807, 2.05) is 0 Å². The van der Waals surface area contributed by atoms with Crippen molar-refractivity contribution in [2.45, 2.75) is 19.1 Å². The van der Waals surface area contributed by atoms with Crippen LogP contribution in [0.1, 0.15) is 18.5 Å². The van der Waals surface area contributed by atoms with E-state index in [-0.39, 0.29) is 11.3 Å². The van der Waals surface area contributed by atoms with Crippen LogP contribution in [0.3, 0.4) is 0 Å². The van der Waals surface area contributed by atoms with Gasteiger partial charge in [0.15, 0.2) is 0 Å². The molecule has 0 unspecified atom stereocenters. The van der Waals surface area contributed by atoms with Crippen LogP contribution in [0, 0.1) is 5.82 Å². The highest BCUT2D eigenvalue weighted by atomic mass is 19.1. The van der Waals surface area contributed by atoms with Crippen molar-refractivity contribution in [3.8, 4) is 5.75 Å². The van der Waals surface area contributed by atoms with Crippen molar-refractivity contribution in [1.29, 1.82) is 0 Å². The molecule has 0 bridgehead atoms. The van der Waals surface area contributed by atoms with Crippen molar-refractivity contribution < 1.29 is 14.6 Å². The summed E-state index contributed by atoms with van der Waals surface area (Å²) in [6.45, 7) is 1.48. The lowest BCUT2D eigenvalue weighted by atomic mass is 10.0. The van der Waals surface area contributed by atoms with Crippen molar-refractivity contribution >= 4 is 0 Å². The quantitative estimate of drug-likeness (QED) is 0.641. The minimum Gasteiger partial charge on any atom is -0.508 e. The van der Waals surface area contributed by atoms with Gasteiger partial charge >= 0.3 is 0 Å². The first-order valence-electron chi connectivity index (χ1n) is 3.94. The van der Waals surface area contributed by atoms with Crippen molar-refractivity contribution in [2.24, 2.45) is 5.73 Å². The fourth-order valence-corrected chi connectivity index (χ4v) is 1.05. The molecule has 1 aromatic carbocycles. The first-order valence-corrected chi connectivity index (χ1v) is 3.94. The summed E-state index contributed by atoms with van der Waals surface area (Å²) in [6, 6.07) is 2.90. The minimum absolute atomic E-state index is 0.154. The molecule has 0 saturated heterocycles. The lowest BCUT2D eigenvalue weighted by Crippen LogP contribution is -2.24. The third-order valence-electron chi connectivity index (χ3n) is 1.86. The summed E-state index contributed by atoms with van der Waals surface area (Å²) in [5.41, 5.74) is 5.72. The Morgan fingerprint density at radius 2 is 2.08 bits per heavy atom. The molecule has 0 aliphatic carbocycles. The molecular weight excluding hydrogens is 173 g/mol. The number of phenols is 1. The molecule has 2 atom stereocenters. The molecule has 0 aromatic heterocycles. The number of rotatable bonds is 2. The van der Waals surface area contributed by atoms with Crippen molar-refractivity contribution in [1.82, 2.24) is 0 Å². The Hall–Kier alpha value is -1.13. The summed E-state index contributed by atoms with van der Waals surface area (Å²) in [4.78, 5) is 0. The van der Waals surface area contributed by atoms with E-state index in [4.69, 9.17) is 15.9 Å². The van der Waals surface area contributed by atoms with Crippen LogP contribution in [0.15, 0.2) is 18.2 Å². The SMILES string of the molecule is C[C@@H](O)[C@@H](N)c1ccc(O)cc1F. The topological polar surface area (TPSA) is 66.5 Å². The molecule has 0 heterocycles. The third-order valence-corrected chi connectivity index (χ3v) is 1.86. The zero-order valence-electron chi connectivity index (χ0n) is 7.24. The van der Waals surface area contributed by atoms with Crippen LogP contribution in [0.4, 0.5) is 4.39 Å². The summed E-state index contributed by atoms with van der Waals surface area (Å²) in [7, 11) is 0. The van der Waals surface area contributed by atoms with E-state index in [1.54, 1.807) is 0 Å². The lowest BCUT2D eigenvalue weighted by Gasteiger charge is -2.15. The first-order chi connectivity index (χ1) is 6.02. The van der Waals surface area contributed by atoms with Crippen molar-refractivity contribution in [3.05, 3.63) is 29.6 Å². The number of hydrogen-bond acceptors (Lipinski definition) is 3. The molecule has 1 rings (SSSR count). The summed E-state index contributed by atoms with van der Waals surface area (Å²) in [6.07, 6.45) is -0.820. The van der Waals surface area contributed by atoms with Gasteiger partial charge in [-0.3, -0.25) is 0 Å². The van der Waals surface area contributed by atoms with Crippen LogP contribution in [0.25, 0.3) is 0 Å². The number of hydrogen-bond donors (Lipinski definition) is 3. The number of phenolic OH excluding ortho intramolecular Hbond substituents is 1. The molecule has 4 N–H and O–H groups in total. The summed E-state index contributed by atoms with van der Waals surface area (Å²) < 4.78 is 13.1. The van der Waals surface area contributed by atoms with Gasteiger partial charge in [0, 0.05) is 11.6 Å². The van der Waals surface area contributed by atoms with Gasteiger partial charge in [-0.1, -0.05) is 6.07 Å². The molecule has 13 heavy (non-hydrogen) atoms. The fraction of sp³-hybridized carbons (Fsp3) is 0.333. The normalized spacial score (nSPS) is 15.4. The number of benzene rings is 1. The molecule has 0 spiro atoms. The average molecular weight is 185 g/mol. The molecule has 1 aromatic rings. The van der Waals surface area contributed by atoms with Gasteiger partial charge in [-0.25, -0.2) is 4.39 Å². The van der Waals surface area contributed by atoms with Crippen LogP contribution in [0.5, 0.6) is 5.75 Å². The number of nitrogens with two attached hydrogens (primary N) is 1. The Balaban J connectivity index is 3.01. The van der Waals surface area contributed by atoms with Gasteiger partial charge in [0.1, 0.15) is 11.6 Å². The average Bonchev–Trinajstić information content (AvgIpc) is 2.03. The summed E-state index contributed by atoms with van der Waals surface area (Å²) in [5, 5.41) is 18.0. The highest BCUT2D eigenvalue weighted by molar-refractivity contribution is 5.30. The van der Waals surface area contributed by atoms with Crippen molar-refractivity contribution in [2.75, 3.05) is 0 Å². The van der Waals surface area contributed by atoms with Gasteiger partial charge in [0.25, 0.3) is 0 Å². The van der Waals surface area contributed by atoms with E-state index in [2.05, 4.69) is 0 Å². The maximum absolute atomic E-state index is 13.1. The third kappa shape index (κ3) is 2.17. The molecule has 0 aliphatic heterocycles. The van der Waals surface area contributed by atoms with E-state index in [9.17, 15) is 4.39 Å². The zero-order chi connectivity index (χ0) is 10.0.